The number of benzene rings is 2. The van der Waals surface area contributed by atoms with Crippen molar-refractivity contribution >= 4 is 16.9 Å². The van der Waals surface area contributed by atoms with Gasteiger partial charge < -0.3 is 19.4 Å². The summed E-state index contributed by atoms with van der Waals surface area (Å²) in [4.78, 5) is 17.0. The van der Waals surface area contributed by atoms with Crippen molar-refractivity contribution in [1.82, 2.24) is 14.9 Å². The molecule has 128 valence electrons. The van der Waals surface area contributed by atoms with Crippen molar-refractivity contribution in [2.45, 2.75) is 19.7 Å². The third-order valence-electron chi connectivity index (χ3n) is 4.37. The molecule has 0 spiro atoms. The molecule has 0 atom stereocenters. The summed E-state index contributed by atoms with van der Waals surface area (Å²) in [5, 5.41) is 2.94. The first-order valence-electron chi connectivity index (χ1n) is 8.22. The fourth-order valence-corrected chi connectivity index (χ4v) is 3.07. The Kier molecular flexibility index (Phi) is 4.11. The van der Waals surface area contributed by atoms with E-state index in [1.165, 1.54) is 0 Å². The van der Waals surface area contributed by atoms with Crippen LogP contribution in [-0.2, 0) is 24.4 Å². The Labute approximate surface area is 145 Å². The molecule has 0 unspecified atom stereocenters. The Morgan fingerprint density at radius 2 is 2.24 bits per heavy atom. The maximum Gasteiger partial charge on any atom is 0.251 e. The number of carbonyl (C=O) groups is 1. The van der Waals surface area contributed by atoms with Gasteiger partial charge in [0.25, 0.3) is 5.91 Å². The molecule has 6 nitrogen and oxygen atoms in total. The van der Waals surface area contributed by atoms with Gasteiger partial charge in [-0.2, -0.15) is 0 Å². The summed E-state index contributed by atoms with van der Waals surface area (Å²) >= 11 is 0. The van der Waals surface area contributed by atoms with Crippen LogP contribution in [0.5, 0.6) is 5.75 Å². The number of ether oxygens (including phenoxy) is 2. The van der Waals surface area contributed by atoms with Crippen molar-refractivity contribution < 1.29 is 14.3 Å². The molecule has 1 aliphatic heterocycles. The average Bonchev–Trinajstić information content (AvgIpc) is 3.04. The molecule has 0 fully saturated rings. The van der Waals surface area contributed by atoms with Crippen molar-refractivity contribution in [3.63, 3.8) is 0 Å². The number of aromatic nitrogens is 2. The number of fused-ring (bicyclic) bond motifs is 3. The standard InChI is InChI=1S/C19H19N3O3/c1-24-15-4-2-3-13(9-15)11-20-19(23)14-5-6-17-16(10-14)21-18-12-25-8-7-22(17)18/h2-6,9-10H,7-8,11-12H2,1H3,(H,20,23). The van der Waals surface area contributed by atoms with Crippen LogP contribution in [-0.4, -0.2) is 29.2 Å². The van der Waals surface area contributed by atoms with Gasteiger partial charge in [0.15, 0.2) is 0 Å². The predicted molar refractivity (Wildman–Crippen MR) is 93.6 cm³/mol. The molecule has 1 aliphatic rings. The van der Waals surface area contributed by atoms with Crippen LogP contribution >= 0.6 is 0 Å². The first-order valence-corrected chi connectivity index (χ1v) is 8.22. The van der Waals surface area contributed by atoms with Gasteiger partial charge >= 0.3 is 0 Å². The first-order chi connectivity index (χ1) is 12.2. The maximum atomic E-state index is 12.5. The molecule has 0 bridgehead atoms. The van der Waals surface area contributed by atoms with Crippen LogP contribution in [0.3, 0.4) is 0 Å². The highest BCUT2D eigenvalue weighted by Gasteiger charge is 2.16. The van der Waals surface area contributed by atoms with E-state index in [1.807, 2.05) is 42.5 Å². The van der Waals surface area contributed by atoms with Gasteiger partial charge in [-0.3, -0.25) is 4.79 Å². The minimum Gasteiger partial charge on any atom is -0.497 e. The number of nitrogens with one attached hydrogen (secondary N) is 1. The molecule has 6 heteroatoms. The monoisotopic (exact) mass is 337 g/mol. The van der Waals surface area contributed by atoms with Crippen molar-refractivity contribution in [3.8, 4) is 5.75 Å². The fraction of sp³-hybridized carbons (Fsp3) is 0.263. The molecular weight excluding hydrogens is 318 g/mol. The smallest absolute Gasteiger partial charge is 0.251 e. The fourth-order valence-electron chi connectivity index (χ4n) is 3.07. The second kappa shape index (κ2) is 6.57. The van der Waals surface area contributed by atoms with E-state index in [0.717, 1.165) is 34.7 Å². The molecule has 0 saturated carbocycles. The van der Waals surface area contributed by atoms with Crippen LogP contribution in [0.1, 0.15) is 21.7 Å². The number of methoxy groups -OCH3 is 1. The Morgan fingerprint density at radius 1 is 1.32 bits per heavy atom. The second-order valence-corrected chi connectivity index (χ2v) is 5.97. The van der Waals surface area contributed by atoms with Gasteiger partial charge in [0.2, 0.25) is 0 Å². The summed E-state index contributed by atoms with van der Waals surface area (Å²) in [7, 11) is 1.63. The van der Waals surface area contributed by atoms with Gasteiger partial charge in [0, 0.05) is 18.7 Å². The second-order valence-electron chi connectivity index (χ2n) is 5.97. The number of nitrogens with zero attached hydrogens (tertiary/aromatic N) is 2. The minimum atomic E-state index is -0.119. The lowest BCUT2D eigenvalue weighted by Crippen LogP contribution is -2.22. The predicted octanol–water partition coefficient (Wildman–Crippen LogP) is 2.51. The molecule has 0 saturated heterocycles. The minimum absolute atomic E-state index is 0.119. The summed E-state index contributed by atoms with van der Waals surface area (Å²) in [5.41, 5.74) is 3.47. The highest BCUT2D eigenvalue weighted by molar-refractivity contribution is 5.97. The molecule has 1 amide bonds. The van der Waals surface area contributed by atoms with E-state index in [2.05, 4.69) is 14.9 Å². The molecule has 4 rings (SSSR count). The molecule has 2 aromatic carbocycles. The molecule has 3 aromatic rings. The Hall–Kier alpha value is -2.86. The van der Waals surface area contributed by atoms with E-state index in [4.69, 9.17) is 9.47 Å². The number of hydrogen-bond donors (Lipinski definition) is 1. The average molecular weight is 337 g/mol. The van der Waals surface area contributed by atoms with Crippen LogP contribution in [0, 0.1) is 0 Å². The van der Waals surface area contributed by atoms with Crippen LogP contribution in [0.15, 0.2) is 42.5 Å². The van der Waals surface area contributed by atoms with Crippen molar-refractivity contribution in [3.05, 3.63) is 59.4 Å². The van der Waals surface area contributed by atoms with E-state index >= 15 is 0 Å². The Morgan fingerprint density at radius 3 is 3.12 bits per heavy atom. The molecule has 25 heavy (non-hydrogen) atoms. The summed E-state index contributed by atoms with van der Waals surface area (Å²) in [6, 6.07) is 13.3. The zero-order valence-electron chi connectivity index (χ0n) is 14.0. The SMILES string of the molecule is COc1cccc(CNC(=O)c2ccc3c(c2)nc2n3CCOC2)c1. The van der Waals surface area contributed by atoms with Crippen LogP contribution < -0.4 is 10.1 Å². The molecule has 2 heterocycles. The molecule has 1 aromatic heterocycles. The number of imidazole rings is 1. The van der Waals surface area contributed by atoms with Gasteiger partial charge in [0.1, 0.15) is 18.2 Å². The normalized spacial score (nSPS) is 13.5. The summed E-state index contributed by atoms with van der Waals surface area (Å²) < 4.78 is 12.8. The van der Waals surface area contributed by atoms with Gasteiger partial charge in [0.05, 0.1) is 24.8 Å². The van der Waals surface area contributed by atoms with E-state index in [0.29, 0.717) is 25.3 Å². The van der Waals surface area contributed by atoms with Crippen molar-refractivity contribution in [2.75, 3.05) is 13.7 Å². The zero-order valence-corrected chi connectivity index (χ0v) is 14.0. The lowest BCUT2D eigenvalue weighted by molar-refractivity contribution is 0.0830. The summed E-state index contributed by atoms with van der Waals surface area (Å²) in [6.45, 7) is 2.46. The van der Waals surface area contributed by atoms with Crippen LogP contribution in [0.2, 0.25) is 0 Å². The summed E-state index contributed by atoms with van der Waals surface area (Å²) in [5.74, 6) is 1.57. The van der Waals surface area contributed by atoms with E-state index in [1.54, 1.807) is 7.11 Å². The van der Waals surface area contributed by atoms with Crippen molar-refractivity contribution in [2.24, 2.45) is 0 Å². The zero-order chi connectivity index (χ0) is 17.2. The lowest BCUT2D eigenvalue weighted by atomic mass is 10.1. The number of carbonyl (C=O) groups excluding carboxylic acids is 1. The number of hydrogen-bond acceptors (Lipinski definition) is 4. The van der Waals surface area contributed by atoms with Gasteiger partial charge in [-0.05, 0) is 35.9 Å². The maximum absolute atomic E-state index is 12.5. The Balaban J connectivity index is 1.51. The lowest BCUT2D eigenvalue weighted by Gasteiger charge is -2.14. The van der Waals surface area contributed by atoms with Crippen LogP contribution in [0.4, 0.5) is 0 Å². The molecular formula is C19H19N3O3. The molecule has 0 aliphatic carbocycles. The highest BCUT2D eigenvalue weighted by Crippen LogP contribution is 2.21. The first kappa shape index (κ1) is 15.7. The van der Waals surface area contributed by atoms with E-state index in [9.17, 15) is 4.79 Å². The Bertz CT molecular complexity index is 933. The third-order valence-corrected chi connectivity index (χ3v) is 4.37. The van der Waals surface area contributed by atoms with E-state index in [-0.39, 0.29) is 5.91 Å². The largest absolute Gasteiger partial charge is 0.497 e. The topological polar surface area (TPSA) is 65.4 Å². The van der Waals surface area contributed by atoms with Crippen LogP contribution in [0.25, 0.3) is 11.0 Å². The number of amides is 1. The van der Waals surface area contributed by atoms with Gasteiger partial charge in [-0.25, -0.2) is 4.98 Å². The molecule has 1 N–H and O–H groups in total. The number of rotatable bonds is 4. The van der Waals surface area contributed by atoms with Gasteiger partial charge in [-0.15, -0.1) is 0 Å². The third kappa shape index (κ3) is 3.08. The quantitative estimate of drug-likeness (QED) is 0.794. The van der Waals surface area contributed by atoms with E-state index < -0.39 is 0 Å². The van der Waals surface area contributed by atoms with Crippen molar-refractivity contribution in [1.29, 1.82) is 0 Å². The highest BCUT2D eigenvalue weighted by atomic mass is 16.5. The van der Waals surface area contributed by atoms with Gasteiger partial charge in [-0.1, -0.05) is 12.1 Å². The molecule has 0 radical (unpaired) electrons. The summed E-state index contributed by atoms with van der Waals surface area (Å²) in [6.07, 6.45) is 0.